The van der Waals surface area contributed by atoms with E-state index in [1.807, 2.05) is 0 Å². The molecule has 1 aromatic rings. The van der Waals surface area contributed by atoms with E-state index in [4.69, 9.17) is 0 Å². The summed E-state index contributed by atoms with van der Waals surface area (Å²) in [4.78, 5) is 27.7. The highest BCUT2D eigenvalue weighted by Gasteiger charge is 2.21. The molecule has 0 radical (unpaired) electrons. The van der Waals surface area contributed by atoms with Gasteiger partial charge < -0.3 is 15.1 Å². The Morgan fingerprint density at radius 2 is 1.82 bits per heavy atom. The lowest BCUT2D eigenvalue weighted by molar-refractivity contribution is -0.132. The summed E-state index contributed by atoms with van der Waals surface area (Å²) in [6.07, 6.45) is 0.965. The van der Waals surface area contributed by atoms with Gasteiger partial charge in [0.25, 0.3) is 0 Å². The largest absolute Gasteiger partial charge is 0.341 e. The molecule has 1 aromatic carbocycles. The standard InChI is InChI=1S/C16H22FN3O2/c1-18-12-16(22)20-7-3-6-19(8-9-20)15(21)11-13-4-2-5-14(17)10-13/h2,4-5,10,18H,3,6-9,11-12H2,1H3. The van der Waals surface area contributed by atoms with E-state index in [0.29, 0.717) is 38.3 Å². The Labute approximate surface area is 130 Å². The smallest absolute Gasteiger partial charge is 0.236 e. The Morgan fingerprint density at radius 1 is 1.14 bits per heavy atom. The minimum Gasteiger partial charge on any atom is -0.341 e. The Kier molecular flexibility index (Phi) is 5.89. The number of amides is 2. The fourth-order valence-electron chi connectivity index (χ4n) is 2.61. The van der Waals surface area contributed by atoms with Crippen LogP contribution in [-0.4, -0.2) is 61.4 Å². The number of nitrogens with zero attached hydrogens (tertiary/aromatic N) is 2. The summed E-state index contributed by atoms with van der Waals surface area (Å²) in [5, 5.41) is 2.85. The van der Waals surface area contributed by atoms with E-state index >= 15 is 0 Å². The van der Waals surface area contributed by atoms with E-state index in [9.17, 15) is 14.0 Å². The number of likely N-dealkylation sites (N-methyl/N-ethyl adjacent to an activating group) is 1. The van der Waals surface area contributed by atoms with Crippen molar-refractivity contribution < 1.29 is 14.0 Å². The summed E-state index contributed by atoms with van der Waals surface area (Å²) in [5.74, 6) is -0.291. The van der Waals surface area contributed by atoms with Crippen molar-refractivity contribution in [2.75, 3.05) is 39.8 Å². The van der Waals surface area contributed by atoms with Gasteiger partial charge in [-0.25, -0.2) is 4.39 Å². The van der Waals surface area contributed by atoms with Gasteiger partial charge in [-0.3, -0.25) is 9.59 Å². The minimum absolute atomic E-state index is 0.0199. The zero-order valence-electron chi connectivity index (χ0n) is 12.8. The summed E-state index contributed by atoms with van der Waals surface area (Å²) >= 11 is 0. The normalized spacial score (nSPS) is 15.5. The van der Waals surface area contributed by atoms with Gasteiger partial charge in [-0.15, -0.1) is 0 Å². The number of carbonyl (C=O) groups excluding carboxylic acids is 2. The molecular weight excluding hydrogens is 285 g/mol. The van der Waals surface area contributed by atoms with Crippen LogP contribution in [0.3, 0.4) is 0 Å². The van der Waals surface area contributed by atoms with Gasteiger partial charge in [-0.05, 0) is 31.2 Å². The van der Waals surface area contributed by atoms with Gasteiger partial charge >= 0.3 is 0 Å². The van der Waals surface area contributed by atoms with Gasteiger partial charge in [0.15, 0.2) is 0 Å². The molecule has 120 valence electrons. The van der Waals surface area contributed by atoms with Crippen LogP contribution >= 0.6 is 0 Å². The van der Waals surface area contributed by atoms with Gasteiger partial charge in [-0.1, -0.05) is 12.1 Å². The Bertz CT molecular complexity index is 536. The van der Waals surface area contributed by atoms with Gasteiger partial charge in [0.2, 0.25) is 11.8 Å². The van der Waals surface area contributed by atoms with Crippen LogP contribution in [0.25, 0.3) is 0 Å². The number of carbonyl (C=O) groups is 2. The quantitative estimate of drug-likeness (QED) is 0.888. The van der Waals surface area contributed by atoms with Crippen LogP contribution in [-0.2, 0) is 16.0 Å². The van der Waals surface area contributed by atoms with E-state index in [-0.39, 0.29) is 24.1 Å². The van der Waals surface area contributed by atoms with E-state index in [1.165, 1.54) is 12.1 Å². The van der Waals surface area contributed by atoms with Crippen molar-refractivity contribution in [2.24, 2.45) is 0 Å². The summed E-state index contributed by atoms with van der Waals surface area (Å²) < 4.78 is 13.2. The first-order chi connectivity index (χ1) is 10.6. The Balaban J connectivity index is 1.90. The third-order valence-electron chi connectivity index (χ3n) is 3.77. The number of halogens is 1. The van der Waals surface area contributed by atoms with Crippen LogP contribution in [0.1, 0.15) is 12.0 Å². The monoisotopic (exact) mass is 307 g/mol. The van der Waals surface area contributed by atoms with Crippen LogP contribution in [0.2, 0.25) is 0 Å². The molecule has 0 aliphatic carbocycles. The van der Waals surface area contributed by atoms with Crippen LogP contribution in [0.5, 0.6) is 0 Å². The lowest BCUT2D eigenvalue weighted by Gasteiger charge is -2.22. The first kappa shape index (κ1) is 16.4. The average Bonchev–Trinajstić information content (AvgIpc) is 2.73. The van der Waals surface area contributed by atoms with Crippen molar-refractivity contribution in [3.63, 3.8) is 0 Å². The lowest BCUT2D eigenvalue weighted by atomic mass is 10.1. The number of hydrogen-bond acceptors (Lipinski definition) is 3. The Hall–Kier alpha value is -1.95. The summed E-state index contributed by atoms with van der Waals surface area (Å²) in [5.41, 5.74) is 0.678. The molecule has 1 heterocycles. The molecule has 6 heteroatoms. The summed E-state index contributed by atoms with van der Waals surface area (Å²) in [6, 6.07) is 6.11. The van der Waals surface area contributed by atoms with E-state index in [0.717, 1.165) is 6.42 Å². The maximum absolute atomic E-state index is 13.2. The first-order valence-electron chi connectivity index (χ1n) is 7.54. The van der Waals surface area contributed by atoms with Gasteiger partial charge in [0.05, 0.1) is 13.0 Å². The maximum atomic E-state index is 13.2. The Morgan fingerprint density at radius 3 is 2.45 bits per heavy atom. The molecule has 0 unspecified atom stereocenters. The zero-order chi connectivity index (χ0) is 15.9. The molecule has 0 spiro atoms. The van der Waals surface area contributed by atoms with Crippen molar-refractivity contribution in [1.29, 1.82) is 0 Å². The van der Waals surface area contributed by atoms with Gasteiger partial charge in [0, 0.05) is 26.2 Å². The third-order valence-corrected chi connectivity index (χ3v) is 3.77. The molecule has 22 heavy (non-hydrogen) atoms. The first-order valence-corrected chi connectivity index (χ1v) is 7.54. The molecule has 1 N–H and O–H groups in total. The second-order valence-electron chi connectivity index (χ2n) is 5.45. The number of hydrogen-bond donors (Lipinski definition) is 1. The molecule has 0 bridgehead atoms. The molecule has 1 aliphatic rings. The molecule has 5 nitrogen and oxygen atoms in total. The SMILES string of the molecule is CNCC(=O)N1CCCN(C(=O)Cc2cccc(F)c2)CC1. The molecule has 0 saturated carbocycles. The summed E-state index contributed by atoms with van der Waals surface area (Å²) in [7, 11) is 1.74. The third kappa shape index (κ3) is 4.53. The van der Waals surface area contributed by atoms with E-state index < -0.39 is 0 Å². The summed E-state index contributed by atoms with van der Waals surface area (Å²) in [6.45, 7) is 2.71. The topological polar surface area (TPSA) is 52.7 Å². The zero-order valence-corrected chi connectivity index (χ0v) is 12.8. The van der Waals surface area contributed by atoms with E-state index in [2.05, 4.69) is 5.32 Å². The molecular formula is C16H22FN3O2. The average molecular weight is 307 g/mol. The van der Waals surface area contributed by atoms with Crippen molar-refractivity contribution in [3.8, 4) is 0 Å². The van der Waals surface area contributed by atoms with Crippen LogP contribution in [0.15, 0.2) is 24.3 Å². The number of benzene rings is 1. The highest BCUT2D eigenvalue weighted by molar-refractivity contribution is 5.80. The molecule has 0 aromatic heterocycles. The van der Waals surface area contributed by atoms with Crippen molar-refractivity contribution >= 4 is 11.8 Å². The van der Waals surface area contributed by atoms with E-state index in [1.54, 1.807) is 29.0 Å². The minimum atomic E-state index is -0.329. The number of nitrogens with one attached hydrogen (secondary N) is 1. The van der Waals surface area contributed by atoms with Crippen LogP contribution in [0, 0.1) is 5.82 Å². The van der Waals surface area contributed by atoms with Gasteiger partial charge in [-0.2, -0.15) is 0 Å². The lowest BCUT2D eigenvalue weighted by Crippen LogP contribution is -2.40. The number of rotatable bonds is 4. The molecule has 1 fully saturated rings. The predicted octanol–water partition coefficient (Wildman–Crippen LogP) is 0.649. The highest BCUT2D eigenvalue weighted by atomic mass is 19.1. The maximum Gasteiger partial charge on any atom is 0.236 e. The second kappa shape index (κ2) is 7.89. The molecule has 0 atom stereocenters. The van der Waals surface area contributed by atoms with Crippen molar-refractivity contribution in [1.82, 2.24) is 15.1 Å². The van der Waals surface area contributed by atoms with Crippen LogP contribution in [0.4, 0.5) is 4.39 Å². The molecule has 2 amide bonds. The molecule has 1 saturated heterocycles. The second-order valence-corrected chi connectivity index (χ2v) is 5.45. The highest BCUT2D eigenvalue weighted by Crippen LogP contribution is 2.09. The fraction of sp³-hybridized carbons (Fsp3) is 0.500. The fourth-order valence-corrected chi connectivity index (χ4v) is 2.61. The van der Waals surface area contributed by atoms with Crippen LogP contribution < -0.4 is 5.32 Å². The molecule has 2 rings (SSSR count). The predicted molar refractivity (Wildman–Crippen MR) is 81.8 cm³/mol. The van der Waals surface area contributed by atoms with Crippen molar-refractivity contribution in [2.45, 2.75) is 12.8 Å². The molecule has 1 aliphatic heterocycles. The van der Waals surface area contributed by atoms with Crippen molar-refractivity contribution in [3.05, 3.63) is 35.6 Å². The van der Waals surface area contributed by atoms with Gasteiger partial charge in [0.1, 0.15) is 5.82 Å².